The molecule has 1 unspecified atom stereocenters. The first-order valence-corrected chi connectivity index (χ1v) is 7.05. The molecule has 0 saturated carbocycles. The predicted octanol–water partition coefficient (Wildman–Crippen LogP) is 1.96. The van der Waals surface area contributed by atoms with Gasteiger partial charge in [-0.2, -0.15) is 0 Å². The molecule has 0 aliphatic rings. The maximum absolute atomic E-state index is 12.0. The highest BCUT2D eigenvalue weighted by atomic mass is 16.5. The minimum atomic E-state index is -1.00. The van der Waals surface area contributed by atoms with Gasteiger partial charge in [0.2, 0.25) is 5.91 Å². The third kappa shape index (κ3) is 5.95. The maximum atomic E-state index is 12.0. The molecule has 0 aliphatic heterocycles. The maximum Gasteiger partial charge on any atom is 0.326 e. The Kier molecular flexibility index (Phi) is 6.88. The zero-order chi connectivity index (χ0) is 15.8. The van der Waals surface area contributed by atoms with Gasteiger partial charge in [-0.25, -0.2) is 4.79 Å². The lowest BCUT2D eigenvalue weighted by molar-refractivity contribution is -0.149. The predicted molar refractivity (Wildman–Crippen MR) is 80.0 cm³/mol. The SMILES string of the molecule is CC(C)OCCC(=O)N(C)C(Cc1ccccc1)C(=O)O. The number of carbonyl (C=O) groups excluding carboxylic acids is 1. The van der Waals surface area contributed by atoms with E-state index >= 15 is 0 Å². The van der Waals surface area contributed by atoms with Crippen LogP contribution in [0.15, 0.2) is 30.3 Å². The average Bonchev–Trinajstić information content (AvgIpc) is 2.44. The fraction of sp³-hybridized carbons (Fsp3) is 0.500. The van der Waals surface area contributed by atoms with E-state index in [0.717, 1.165) is 5.56 Å². The smallest absolute Gasteiger partial charge is 0.326 e. The van der Waals surface area contributed by atoms with Crippen molar-refractivity contribution in [3.63, 3.8) is 0 Å². The molecule has 5 nitrogen and oxygen atoms in total. The van der Waals surface area contributed by atoms with Crippen molar-refractivity contribution in [3.8, 4) is 0 Å². The topological polar surface area (TPSA) is 66.8 Å². The molecule has 5 heteroatoms. The fourth-order valence-corrected chi connectivity index (χ4v) is 1.96. The molecule has 0 saturated heterocycles. The molecule has 1 aromatic carbocycles. The summed E-state index contributed by atoms with van der Waals surface area (Å²) in [5.41, 5.74) is 0.892. The second kappa shape index (κ2) is 8.42. The first kappa shape index (κ1) is 17.2. The van der Waals surface area contributed by atoms with E-state index in [0.29, 0.717) is 13.0 Å². The average molecular weight is 293 g/mol. The van der Waals surface area contributed by atoms with E-state index in [9.17, 15) is 14.7 Å². The summed E-state index contributed by atoms with van der Waals surface area (Å²) in [6.07, 6.45) is 0.541. The van der Waals surface area contributed by atoms with Crippen LogP contribution in [0, 0.1) is 0 Å². The first-order chi connectivity index (χ1) is 9.91. The van der Waals surface area contributed by atoms with Crippen LogP contribution in [0.5, 0.6) is 0 Å². The second-order valence-corrected chi connectivity index (χ2v) is 5.22. The Labute approximate surface area is 125 Å². The third-order valence-corrected chi connectivity index (χ3v) is 3.18. The molecular formula is C16H23NO4. The van der Waals surface area contributed by atoms with Gasteiger partial charge in [0.15, 0.2) is 0 Å². The largest absolute Gasteiger partial charge is 0.480 e. The Balaban J connectivity index is 2.63. The van der Waals surface area contributed by atoms with Gasteiger partial charge in [0.25, 0.3) is 0 Å². The lowest BCUT2D eigenvalue weighted by atomic mass is 10.0. The minimum absolute atomic E-state index is 0.0581. The fourth-order valence-electron chi connectivity index (χ4n) is 1.96. The number of benzene rings is 1. The standard InChI is InChI=1S/C16H23NO4/c1-12(2)21-10-9-15(18)17(3)14(16(19)20)11-13-7-5-4-6-8-13/h4-8,12,14H,9-11H2,1-3H3,(H,19,20). The zero-order valence-electron chi connectivity index (χ0n) is 12.8. The Morgan fingerprint density at radius 3 is 2.38 bits per heavy atom. The number of carboxylic acid groups (broad SMARTS) is 1. The highest BCUT2D eigenvalue weighted by Crippen LogP contribution is 2.10. The summed E-state index contributed by atoms with van der Waals surface area (Å²) in [5, 5.41) is 9.34. The number of carbonyl (C=O) groups is 2. The van der Waals surface area contributed by atoms with E-state index in [-0.39, 0.29) is 18.4 Å². The van der Waals surface area contributed by atoms with Crippen LogP contribution in [-0.2, 0) is 20.7 Å². The Morgan fingerprint density at radius 2 is 1.86 bits per heavy atom. The molecule has 21 heavy (non-hydrogen) atoms. The van der Waals surface area contributed by atoms with Crippen molar-refractivity contribution in [1.82, 2.24) is 4.90 Å². The Hall–Kier alpha value is -1.88. The minimum Gasteiger partial charge on any atom is -0.480 e. The molecule has 0 aromatic heterocycles. The molecule has 1 atom stereocenters. The number of likely N-dealkylation sites (N-methyl/N-ethyl adjacent to an activating group) is 1. The van der Waals surface area contributed by atoms with Gasteiger partial charge in [-0.05, 0) is 19.4 Å². The number of carboxylic acids is 1. The van der Waals surface area contributed by atoms with Crippen LogP contribution in [0.25, 0.3) is 0 Å². The number of amides is 1. The molecule has 0 heterocycles. The van der Waals surface area contributed by atoms with Crippen molar-refractivity contribution in [2.24, 2.45) is 0 Å². The number of ether oxygens (including phenoxy) is 1. The summed E-state index contributed by atoms with van der Waals surface area (Å²) >= 11 is 0. The number of rotatable bonds is 8. The Bertz CT molecular complexity index is 459. The lowest BCUT2D eigenvalue weighted by Gasteiger charge is -2.25. The van der Waals surface area contributed by atoms with Crippen LogP contribution in [0.1, 0.15) is 25.8 Å². The van der Waals surface area contributed by atoms with E-state index < -0.39 is 12.0 Å². The van der Waals surface area contributed by atoms with Crippen LogP contribution in [0.3, 0.4) is 0 Å². The van der Waals surface area contributed by atoms with Gasteiger partial charge < -0.3 is 14.7 Å². The van der Waals surface area contributed by atoms with Crippen molar-refractivity contribution in [2.45, 2.75) is 38.8 Å². The van der Waals surface area contributed by atoms with Crippen LogP contribution < -0.4 is 0 Å². The summed E-state index contributed by atoms with van der Waals surface area (Å²) in [6.45, 7) is 4.09. The van der Waals surface area contributed by atoms with Gasteiger partial charge in [-0.3, -0.25) is 4.79 Å². The highest BCUT2D eigenvalue weighted by Gasteiger charge is 2.26. The number of nitrogens with zero attached hydrogens (tertiary/aromatic N) is 1. The molecule has 0 aliphatic carbocycles. The van der Waals surface area contributed by atoms with Gasteiger partial charge in [0.05, 0.1) is 19.1 Å². The summed E-state index contributed by atoms with van der Waals surface area (Å²) < 4.78 is 5.33. The monoisotopic (exact) mass is 293 g/mol. The van der Waals surface area contributed by atoms with Crippen LogP contribution in [-0.4, -0.2) is 47.7 Å². The Morgan fingerprint density at radius 1 is 1.24 bits per heavy atom. The van der Waals surface area contributed by atoms with Gasteiger partial charge >= 0.3 is 5.97 Å². The van der Waals surface area contributed by atoms with Crippen molar-refractivity contribution >= 4 is 11.9 Å². The highest BCUT2D eigenvalue weighted by molar-refractivity contribution is 5.83. The summed E-state index contributed by atoms with van der Waals surface area (Å²) in [7, 11) is 1.53. The second-order valence-electron chi connectivity index (χ2n) is 5.22. The molecule has 1 amide bonds. The van der Waals surface area contributed by atoms with E-state index in [2.05, 4.69) is 0 Å². The molecule has 0 bridgehead atoms. The van der Waals surface area contributed by atoms with E-state index in [1.807, 2.05) is 44.2 Å². The summed E-state index contributed by atoms with van der Waals surface area (Å²) in [5.74, 6) is -1.22. The molecule has 0 fully saturated rings. The molecular weight excluding hydrogens is 270 g/mol. The molecule has 1 rings (SSSR count). The van der Waals surface area contributed by atoms with Gasteiger partial charge in [-0.15, -0.1) is 0 Å². The van der Waals surface area contributed by atoms with E-state index in [1.165, 1.54) is 11.9 Å². The number of aliphatic carboxylic acids is 1. The summed E-state index contributed by atoms with van der Waals surface area (Å²) in [4.78, 5) is 24.7. The molecule has 116 valence electrons. The van der Waals surface area contributed by atoms with E-state index in [1.54, 1.807) is 0 Å². The lowest BCUT2D eigenvalue weighted by Crippen LogP contribution is -2.44. The van der Waals surface area contributed by atoms with Crippen LogP contribution in [0.4, 0.5) is 0 Å². The molecule has 0 spiro atoms. The zero-order valence-corrected chi connectivity index (χ0v) is 12.8. The van der Waals surface area contributed by atoms with Crippen LogP contribution >= 0.6 is 0 Å². The van der Waals surface area contributed by atoms with Gasteiger partial charge in [0.1, 0.15) is 6.04 Å². The molecule has 0 radical (unpaired) electrons. The first-order valence-electron chi connectivity index (χ1n) is 7.05. The molecule has 1 aromatic rings. The van der Waals surface area contributed by atoms with Crippen LogP contribution in [0.2, 0.25) is 0 Å². The number of hydrogen-bond acceptors (Lipinski definition) is 3. The van der Waals surface area contributed by atoms with Crippen molar-refractivity contribution < 1.29 is 19.4 Å². The quantitative estimate of drug-likeness (QED) is 0.795. The number of hydrogen-bond donors (Lipinski definition) is 1. The van der Waals surface area contributed by atoms with Crippen molar-refractivity contribution in [1.29, 1.82) is 0 Å². The van der Waals surface area contributed by atoms with Gasteiger partial charge in [-0.1, -0.05) is 30.3 Å². The molecule has 1 N–H and O–H groups in total. The third-order valence-electron chi connectivity index (χ3n) is 3.18. The normalized spacial score (nSPS) is 12.2. The van der Waals surface area contributed by atoms with Gasteiger partial charge in [0, 0.05) is 13.5 Å². The summed E-state index contributed by atoms with van der Waals surface area (Å²) in [6, 6.07) is 8.43. The van der Waals surface area contributed by atoms with Crippen molar-refractivity contribution in [2.75, 3.05) is 13.7 Å². The van der Waals surface area contributed by atoms with Crippen molar-refractivity contribution in [3.05, 3.63) is 35.9 Å². The van der Waals surface area contributed by atoms with E-state index in [4.69, 9.17) is 4.74 Å².